The van der Waals surface area contributed by atoms with Crippen molar-refractivity contribution in [2.45, 2.75) is 18.5 Å². The van der Waals surface area contributed by atoms with Crippen LogP contribution in [0.15, 0.2) is 53.7 Å². The lowest BCUT2D eigenvalue weighted by Crippen LogP contribution is -2.02. The number of aromatic nitrogens is 3. The molecule has 0 saturated heterocycles. The van der Waals surface area contributed by atoms with Crippen molar-refractivity contribution in [1.29, 1.82) is 0 Å². The third kappa shape index (κ3) is 4.19. The van der Waals surface area contributed by atoms with Crippen LogP contribution in [0.5, 0.6) is 11.5 Å². The molecule has 0 radical (unpaired) electrons. The zero-order chi connectivity index (χ0) is 18.4. The minimum atomic E-state index is 0.620. The SMILES string of the molecule is CCc1cccc(OCCSc2nnc(-c3ccccc3OC)n2C)c1. The smallest absolute Gasteiger partial charge is 0.191 e. The molecule has 5 nitrogen and oxygen atoms in total. The molecule has 0 unspecified atom stereocenters. The van der Waals surface area contributed by atoms with Crippen molar-refractivity contribution in [3.8, 4) is 22.9 Å². The largest absolute Gasteiger partial charge is 0.496 e. The molecule has 26 heavy (non-hydrogen) atoms. The van der Waals surface area contributed by atoms with E-state index in [4.69, 9.17) is 9.47 Å². The van der Waals surface area contributed by atoms with Gasteiger partial charge in [-0.15, -0.1) is 10.2 Å². The van der Waals surface area contributed by atoms with Crippen molar-refractivity contribution in [3.63, 3.8) is 0 Å². The molecule has 0 N–H and O–H groups in total. The van der Waals surface area contributed by atoms with Crippen molar-refractivity contribution >= 4 is 11.8 Å². The van der Waals surface area contributed by atoms with Crippen molar-refractivity contribution in [2.75, 3.05) is 19.5 Å². The number of methoxy groups -OCH3 is 1. The Bertz CT molecular complexity index is 864. The Kier molecular flexibility index (Phi) is 6.17. The Labute approximate surface area is 158 Å². The van der Waals surface area contributed by atoms with Crippen LogP contribution in [-0.2, 0) is 13.5 Å². The van der Waals surface area contributed by atoms with Gasteiger partial charge >= 0.3 is 0 Å². The average Bonchev–Trinajstić information content (AvgIpc) is 3.05. The van der Waals surface area contributed by atoms with E-state index in [1.165, 1.54) is 5.56 Å². The Balaban J connectivity index is 1.60. The minimum Gasteiger partial charge on any atom is -0.496 e. The van der Waals surface area contributed by atoms with Crippen molar-refractivity contribution < 1.29 is 9.47 Å². The molecule has 2 aromatic carbocycles. The molecule has 1 aromatic heterocycles. The van der Waals surface area contributed by atoms with E-state index in [1.807, 2.05) is 48.0 Å². The summed E-state index contributed by atoms with van der Waals surface area (Å²) >= 11 is 1.63. The molecule has 0 aliphatic rings. The van der Waals surface area contributed by atoms with E-state index in [9.17, 15) is 0 Å². The summed E-state index contributed by atoms with van der Waals surface area (Å²) in [6.45, 7) is 2.76. The zero-order valence-electron chi connectivity index (χ0n) is 15.3. The van der Waals surface area contributed by atoms with E-state index >= 15 is 0 Å². The standard InChI is InChI=1S/C20H23N3O2S/c1-4-15-8-7-9-16(14-15)25-12-13-26-20-22-21-19(23(20)2)17-10-5-6-11-18(17)24-3/h5-11,14H,4,12-13H2,1-3H3. The average molecular weight is 369 g/mol. The monoisotopic (exact) mass is 369 g/mol. The fraction of sp³-hybridized carbons (Fsp3) is 0.300. The van der Waals surface area contributed by atoms with Gasteiger partial charge in [0.2, 0.25) is 0 Å². The van der Waals surface area contributed by atoms with Gasteiger partial charge in [-0.25, -0.2) is 0 Å². The van der Waals surface area contributed by atoms with Crippen LogP contribution in [0.4, 0.5) is 0 Å². The zero-order valence-corrected chi connectivity index (χ0v) is 16.1. The third-order valence-corrected chi connectivity index (χ3v) is 5.06. The normalized spacial score (nSPS) is 10.7. The van der Waals surface area contributed by atoms with E-state index in [2.05, 4.69) is 29.3 Å². The third-order valence-electron chi connectivity index (χ3n) is 4.07. The molecule has 6 heteroatoms. The number of thioether (sulfide) groups is 1. The number of para-hydroxylation sites is 1. The van der Waals surface area contributed by atoms with Gasteiger partial charge in [0.05, 0.1) is 19.3 Å². The van der Waals surface area contributed by atoms with Crippen molar-refractivity contribution in [3.05, 3.63) is 54.1 Å². The van der Waals surface area contributed by atoms with E-state index < -0.39 is 0 Å². The fourth-order valence-corrected chi connectivity index (χ4v) is 3.38. The van der Waals surface area contributed by atoms with Crippen LogP contribution in [0.25, 0.3) is 11.4 Å². The number of nitrogens with zero attached hydrogens (tertiary/aromatic N) is 3. The summed E-state index contributed by atoms with van der Waals surface area (Å²) in [5, 5.41) is 9.49. The highest BCUT2D eigenvalue weighted by atomic mass is 32.2. The molecule has 3 aromatic rings. The lowest BCUT2D eigenvalue weighted by atomic mass is 10.2. The number of aryl methyl sites for hydroxylation is 1. The molecule has 0 amide bonds. The van der Waals surface area contributed by atoms with Crippen LogP contribution in [0.2, 0.25) is 0 Å². The molecule has 0 fully saturated rings. The number of rotatable bonds is 8. The highest BCUT2D eigenvalue weighted by molar-refractivity contribution is 7.99. The van der Waals surface area contributed by atoms with Gasteiger partial charge in [0.25, 0.3) is 0 Å². The molecule has 0 aliphatic heterocycles. The highest BCUT2D eigenvalue weighted by Crippen LogP contribution is 2.29. The molecular weight excluding hydrogens is 346 g/mol. The lowest BCUT2D eigenvalue weighted by molar-refractivity contribution is 0.343. The van der Waals surface area contributed by atoms with Crippen LogP contribution in [0, 0.1) is 0 Å². The highest BCUT2D eigenvalue weighted by Gasteiger charge is 2.14. The van der Waals surface area contributed by atoms with Crippen LogP contribution in [0.3, 0.4) is 0 Å². The maximum Gasteiger partial charge on any atom is 0.191 e. The molecule has 136 valence electrons. The predicted molar refractivity (Wildman–Crippen MR) is 105 cm³/mol. The Hall–Kier alpha value is -2.47. The van der Waals surface area contributed by atoms with Gasteiger partial charge in [-0.05, 0) is 36.2 Å². The molecule has 0 spiro atoms. The van der Waals surface area contributed by atoms with Crippen LogP contribution >= 0.6 is 11.8 Å². The van der Waals surface area contributed by atoms with Gasteiger partial charge in [0, 0.05) is 12.8 Å². The Morgan fingerprint density at radius 2 is 1.92 bits per heavy atom. The van der Waals surface area contributed by atoms with Gasteiger partial charge in [-0.3, -0.25) is 0 Å². The first-order valence-corrected chi connectivity index (χ1v) is 9.58. The number of benzene rings is 2. The second-order valence-corrected chi connectivity index (χ2v) is 6.83. The molecule has 1 heterocycles. The molecular formula is C20H23N3O2S. The molecule has 0 atom stereocenters. The molecule has 0 saturated carbocycles. The van der Waals surface area contributed by atoms with E-state index in [0.717, 1.165) is 40.2 Å². The molecule has 3 rings (SSSR count). The first kappa shape index (κ1) is 18.3. The quantitative estimate of drug-likeness (QED) is 0.439. The van der Waals surface area contributed by atoms with Crippen LogP contribution in [0.1, 0.15) is 12.5 Å². The summed E-state index contributed by atoms with van der Waals surface area (Å²) in [6.07, 6.45) is 1.01. The van der Waals surface area contributed by atoms with Crippen LogP contribution < -0.4 is 9.47 Å². The van der Waals surface area contributed by atoms with Crippen molar-refractivity contribution in [2.24, 2.45) is 7.05 Å². The van der Waals surface area contributed by atoms with Gasteiger partial charge in [-0.1, -0.05) is 43.0 Å². The summed E-state index contributed by atoms with van der Waals surface area (Å²) < 4.78 is 13.2. The second-order valence-electron chi connectivity index (χ2n) is 5.76. The second kappa shape index (κ2) is 8.76. The summed E-state index contributed by atoms with van der Waals surface area (Å²) in [7, 11) is 3.63. The van der Waals surface area contributed by atoms with Crippen molar-refractivity contribution in [1.82, 2.24) is 14.8 Å². The van der Waals surface area contributed by atoms with Gasteiger partial charge < -0.3 is 14.0 Å². The number of hydrogen-bond acceptors (Lipinski definition) is 5. The molecule has 0 aliphatic carbocycles. The summed E-state index contributed by atoms with van der Waals surface area (Å²) in [4.78, 5) is 0. The van der Waals surface area contributed by atoms with Crippen LogP contribution in [-0.4, -0.2) is 34.2 Å². The maximum absolute atomic E-state index is 5.84. The molecule has 0 bridgehead atoms. The number of hydrogen-bond donors (Lipinski definition) is 0. The van der Waals surface area contributed by atoms with E-state index in [-0.39, 0.29) is 0 Å². The number of ether oxygens (including phenoxy) is 2. The van der Waals surface area contributed by atoms with Gasteiger partial charge in [-0.2, -0.15) is 0 Å². The van der Waals surface area contributed by atoms with E-state index in [0.29, 0.717) is 6.61 Å². The predicted octanol–water partition coefficient (Wildman–Crippen LogP) is 4.22. The van der Waals surface area contributed by atoms with Gasteiger partial charge in [0.1, 0.15) is 11.5 Å². The first-order valence-electron chi connectivity index (χ1n) is 8.60. The Morgan fingerprint density at radius 1 is 1.08 bits per heavy atom. The fourth-order valence-electron chi connectivity index (χ4n) is 2.65. The summed E-state index contributed by atoms with van der Waals surface area (Å²) in [5.41, 5.74) is 2.22. The van der Waals surface area contributed by atoms with E-state index in [1.54, 1.807) is 18.9 Å². The topological polar surface area (TPSA) is 49.2 Å². The first-order chi connectivity index (χ1) is 12.7. The Morgan fingerprint density at radius 3 is 2.73 bits per heavy atom. The summed E-state index contributed by atoms with van der Waals surface area (Å²) in [5.74, 6) is 3.30. The minimum absolute atomic E-state index is 0.620. The summed E-state index contributed by atoms with van der Waals surface area (Å²) in [6, 6.07) is 16.1. The maximum atomic E-state index is 5.84. The lowest BCUT2D eigenvalue weighted by Gasteiger charge is -2.09. The van der Waals surface area contributed by atoms with Gasteiger partial charge in [0.15, 0.2) is 11.0 Å².